The smallest absolute Gasteiger partial charge is 0.122 e. The first-order valence-electron chi connectivity index (χ1n) is 7.74. The molecule has 1 N–H and O–H groups in total. The van der Waals surface area contributed by atoms with Crippen LogP contribution in [0.2, 0.25) is 5.02 Å². The lowest BCUT2D eigenvalue weighted by atomic mass is 9.99. The van der Waals surface area contributed by atoms with Crippen molar-refractivity contribution in [2.45, 2.75) is 38.1 Å². The molecule has 2 aliphatic rings. The Morgan fingerprint density at radius 1 is 1.30 bits per heavy atom. The SMILES string of the molecule is CNC(Cc1cc(Cl)ccc1OC)C1C2CCCCC21. The van der Waals surface area contributed by atoms with Crippen molar-refractivity contribution in [1.29, 1.82) is 0 Å². The molecule has 0 amide bonds. The van der Waals surface area contributed by atoms with E-state index in [1.54, 1.807) is 7.11 Å². The van der Waals surface area contributed by atoms with Gasteiger partial charge in [0, 0.05) is 11.1 Å². The Morgan fingerprint density at radius 2 is 2.00 bits per heavy atom. The quantitative estimate of drug-likeness (QED) is 0.888. The number of hydrogen-bond acceptors (Lipinski definition) is 2. The van der Waals surface area contributed by atoms with E-state index in [0.717, 1.165) is 34.9 Å². The van der Waals surface area contributed by atoms with Gasteiger partial charge in [-0.25, -0.2) is 0 Å². The molecule has 1 aromatic carbocycles. The van der Waals surface area contributed by atoms with E-state index in [-0.39, 0.29) is 0 Å². The summed E-state index contributed by atoms with van der Waals surface area (Å²) in [5, 5.41) is 4.34. The summed E-state index contributed by atoms with van der Waals surface area (Å²) in [7, 11) is 3.82. The summed E-state index contributed by atoms with van der Waals surface area (Å²) >= 11 is 6.14. The molecule has 3 unspecified atom stereocenters. The van der Waals surface area contributed by atoms with Crippen LogP contribution < -0.4 is 10.1 Å². The van der Waals surface area contributed by atoms with Gasteiger partial charge in [-0.1, -0.05) is 24.4 Å². The van der Waals surface area contributed by atoms with Crippen LogP contribution in [0.15, 0.2) is 18.2 Å². The molecule has 20 heavy (non-hydrogen) atoms. The first-order valence-corrected chi connectivity index (χ1v) is 8.12. The van der Waals surface area contributed by atoms with Gasteiger partial charge in [0.25, 0.3) is 0 Å². The number of nitrogens with one attached hydrogen (secondary N) is 1. The highest BCUT2D eigenvalue weighted by molar-refractivity contribution is 6.30. The Labute approximate surface area is 126 Å². The van der Waals surface area contributed by atoms with E-state index >= 15 is 0 Å². The molecule has 0 bridgehead atoms. The van der Waals surface area contributed by atoms with E-state index in [1.807, 2.05) is 12.1 Å². The molecule has 0 spiro atoms. The molecule has 0 heterocycles. The molecule has 3 heteroatoms. The number of halogens is 1. The number of rotatable bonds is 5. The highest BCUT2D eigenvalue weighted by Crippen LogP contribution is 2.57. The third kappa shape index (κ3) is 2.68. The van der Waals surface area contributed by atoms with Crippen molar-refractivity contribution in [3.05, 3.63) is 28.8 Å². The van der Waals surface area contributed by atoms with Gasteiger partial charge in [0.1, 0.15) is 5.75 Å². The third-order valence-corrected chi connectivity index (χ3v) is 5.48. The largest absolute Gasteiger partial charge is 0.496 e. The minimum Gasteiger partial charge on any atom is -0.496 e. The Balaban J connectivity index is 1.73. The normalized spacial score (nSPS) is 29.6. The van der Waals surface area contributed by atoms with E-state index in [1.165, 1.54) is 31.2 Å². The van der Waals surface area contributed by atoms with Crippen LogP contribution in [0.3, 0.4) is 0 Å². The molecule has 2 fully saturated rings. The Kier molecular flexibility index (Phi) is 4.23. The summed E-state index contributed by atoms with van der Waals surface area (Å²) in [5.74, 6) is 3.74. The van der Waals surface area contributed by atoms with Gasteiger partial charge in [0.2, 0.25) is 0 Å². The van der Waals surface area contributed by atoms with Crippen molar-refractivity contribution in [3.63, 3.8) is 0 Å². The predicted octanol–water partition coefficient (Wildman–Crippen LogP) is 3.92. The molecular weight excluding hydrogens is 270 g/mol. The third-order valence-electron chi connectivity index (χ3n) is 5.24. The van der Waals surface area contributed by atoms with Crippen molar-refractivity contribution in [3.8, 4) is 5.75 Å². The second-order valence-electron chi connectivity index (χ2n) is 6.24. The highest BCUT2D eigenvalue weighted by atomic mass is 35.5. The molecule has 2 saturated carbocycles. The molecule has 2 nitrogen and oxygen atoms in total. The topological polar surface area (TPSA) is 21.3 Å². The Bertz CT molecular complexity index is 464. The molecule has 0 radical (unpaired) electrons. The summed E-state index contributed by atoms with van der Waals surface area (Å²) in [4.78, 5) is 0. The first-order chi connectivity index (χ1) is 9.74. The number of fused-ring (bicyclic) bond motifs is 1. The van der Waals surface area contributed by atoms with Crippen molar-refractivity contribution in [2.75, 3.05) is 14.2 Å². The van der Waals surface area contributed by atoms with Crippen molar-refractivity contribution in [1.82, 2.24) is 5.32 Å². The summed E-state index contributed by atoms with van der Waals surface area (Å²) in [6, 6.07) is 6.48. The van der Waals surface area contributed by atoms with Crippen molar-refractivity contribution < 1.29 is 4.74 Å². The average molecular weight is 294 g/mol. The fourth-order valence-electron chi connectivity index (χ4n) is 4.22. The molecule has 0 saturated heterocycles. The zero-order valence-electron chi connectivity index (χ0n) is 12.4. The number of likely N-dealkylation sites (N-methyl/N-ethyl adjacent to an activating group) is 1. The lowest BCUT2D eigenvalue weighted by Gasteiger charge is -2.18. The predicted molar refractivity (Wildman–Crippen MR) is 83.5 cm³/mol. The van der Waals surface area contributed by atoms with Crippen LogP contribution >= 0.6 is 11.6 Å². The molecule has 1 aromatic rings. The van der Waals surface area contributed by atoms with Gasteiger partial charge in [-0.15, -0.1) is 0 Å². The summed E-state index contributed by atoms with van der Waals surface area (Å²) in [6.45, 7) is 0. The molecular formula is C17H24ClNO. The standard InChI is InChI=1S/C17H24ClNO/c1-19-15(17-13-5-3-4-6-14(13)17)10-11-9-12(18)7-8-16(11)20-2/h7-9,13-15,17,19H,3-6,10H2,1-2H3. The molecule has 110 valence electrons. The van der Waals surface area contributed by atoms with E-state index in [2.05, 4.69) is 18.4 Å². The Hall–Kier alpha value is -0.730. The lowest BCUT2D eigenvalue weighted by Crippen LogP contribution is -2.31. The average Bonchev–Trinajstić information content (AvgIpc) is 3.19. The maximum Gasteiger partial charge on any atom is 0.122 e. The summed E-state index contributed by atoms with van der Waals surface area (Å²) < 4.78 is 5.48. The summed E-state index contributed by atoms with van der Waals surface area (Å²) in [5.41, 5.74) is 1.22. The van der Waals surface area contributed by atoms with E-state index < -0.39 is 0 Å². The van der Waals surface area contributed by atoms with Gasteiger partial charge in [0.15, 0.2) is 0 Å². The van der Waals surface area contributed by atoms with Gasteiger partial charge in [0.05, 0.1) is 7.11 Å². The molecule has 3 atom stereocenters. The second-order valence-corrected chi connectivity index (χ2v) is 6.68. The lowest BCUT2D eigenvalue weighted by molar-refractivity contribution is 0.399. The van der Waals surface area contributed by atoms with Crippen LogP contribution in [0.4, 0.5) is 0 Å². The number of ether oxygens (including phenoxy) is 1. The first kappa shape index (κ1) is 14.2. The van der Waals surface area contributed by atoms with Crippen LogP contribution in [0.5, 0.6) is 5.75 Å². The monoisotopic (exact) mass is 293 g/mol. The minimum absolute atomic E-state index is 0.551. The number of methoxy groups -OCH3 is 1. The number of benzene rings is 1. The second kappa shape index (κ2) is 5.95. The fraction of sp³-hybridized carbons (Fsp3) is 0.647. The number of hydrogen-bond donors (Lipinski definition) is 1. The van der Waals surface area contributed by atoms with Crippen LogP contribution in [0.1, 0.15) is 31.2 Å². The molecule has 0 aliphatic heterocycles. The zero-order chi connectivity index (χ0) is 14.1. The van der Waals surface area contributed by atoms with Crippen molar-refractivity contribution in [2.24, 2.45) is 17.8 Å². The maximum absolute atomic E-state index is 6.14. The van der Waals surface area contributed by atoms with Crippen LogP contribution in [-0.2, 0) is 6.42 Å². The maximum atomic E-state index is 6.14. The van der Waals surface area contributed by atoms with Crippen molar-refractivity contribution >= 4 is 11.6 Å². The van der Waals surface area contributed by atoms with E-state index in [4.69, 9.17) is 16.3 Å². The Morgan fingerprint density at radius 3 is 2.60 bits per heavy atom. The van der Waals surface area contributed by atoms with Crippen LogP contribution in [-0.4, -0.2) is 20.2 Å². The molecule has 0 aromatic heterocycles. The molecule has 3 rings (SSSR count). The van der Waals surface area contributed by atoms with Crippen LogP contribution in [0, 0.1) is 17.8 Å². The van der Waals surface area contributed by atoms with Gasteiger partial charge in [-0.3, -0.25) is 0 Å². The van der Waals surface area contributed by atoms with E-state index in [9.17, 15) is 0 Å². The highest BCUT2D eigenvalue weighted by Gasteiger charge is 2.53. The van der Waals surface area contributed by atoms with Crippen LogP contribution in [0.25, 0.3) is 0 Å². The molecule has 2 aliphatic carbocycles. The zero-order valence-corrected chi connectivity index (χ0v) is 13.1. The van der Waals surface area contributed by atoms with Gasteiger partial charge >= 0.3 is 0 Å². The van der Waals surface area contributed by atoms with Gasteiger partial charge in [-0.2, -0.15) is 0 Å². The fourth-order valence-corrected chi connectivity index (χ4v) is 4.41. The summed E-state index contributed by atoms with van der Waals surface area (Å²) in [6.07, 6.45) is 6.72. The minimum atomic E-state index is 0.551. The van der Waals surface area contributed by atoms with Gasteiger partial charge in [-0.05, 0) is 67.8 Å². The van der Waals surface area contributed by atoms with Gasteiger partial charge < -0.3 is 10.1 Å². The van der Waals surface area contributed by atoms with E-state index in [0.29, 0.717) is 6.04 Å².